The summed E-state index contributed by atoms with van der Waals surface area (Å²) in [5.74, 6) is 0.739. The quantitative estimate of drug-likeness (QED) is 0.690. The number of hydrogen-bond acceptors (Lipinski definition) is 3. The molecule has 0 saturated carbocycles. The molecule has 0 fully saturated rings. The van der Waals surface area contributed by atoms with Crippen LogP contribution in [-0.4, -0.2) is 14.5 Å². The largest absolute Gasteiger partial charge is 0.347 e. The van der Waals surface area contributed by atoms with E-state index in [9.17, 15) is 0 Å². The molecule has 114 valence electrons. The van der Waals surface area contributed by atoms with Gasteiger partial charge in [0.25, 0.3) is 0 Å². The molecule has 0 spiro atoms. The molecule has 0 saturated heterocycles. The molecule has 0 aliphatic heterocycles. The van der Waals surface area contributed by atoms with Crippen LogP contribution in [0.5, 0.6) is 0 Å². The van der Waals surface area contributed by atoms with Crippen LogP contribution in [0, 0.1) is 0 Å². The zero-order chi connectivity index (χ0) is 15.5. The molecule has 0 unspecified atom stereocenters. The summed E-state index contributed by atoms with van der Waals surface area (Å²) in [5.41, 5.74) is 1.77. The molecule has 6 heteroatoms. The second-order valence-electron chi connectivity index (χ2n) is 5.06. The number of rotatable bonds is 5. The lowest BCUT2D eigenvalue weighted by molar-refractivity contribution is 0.650. The van der Waals surface area contributed by atoms with Crippen LogP contribution in [0.2, 0.25) is 10.0 Å². The fourth-order valence-electron chi connectivity index (χ4n) is 2.39. The lowest BCUT2D eigenvalue weighted by Crippen LogP contribution is -1.98. The van der Waals surface area contributed by atoms with Gasteiger partial charge in [-0.05, 0) is 18.6 Å². The van der Waals surface area contributed by atoms with Gasteiger partial charge < -0.3 is 9.88 Å². The van der Waals surface area contributed by atoms with Crippen molar-refractivity contribution < 1.29 is 0 Å². The zero-order valence-corrected chi connectivity index (χ0v) is 13.7. The highest BCUT2D eigenvalue weighted by Gasteiger charge is 2.11. The van der Waals surface area contributed by atoms with Crippen molar-refractivity contribution in [3.05, 3.63) is 47.0 Å². The van der Waals surface area contributed by atoms with Crippen molar-refractivity contribution in [1.82, 2.24) is 14.5 Å². The molecule has 3 aromatic heterocycles. The number of anilines is 2. The Kier molecular flexibility index (Phi) is 4.50. The molecule has 0 aliphatic carbocycles. The minimum absolute atomic E-state index is 0.469. The van der Waals surface area contributed by atoms with Gasteiger partial charge >= 0.3 is 0 Å². The van der Waals surface area contributed by atoms with Gasteiger partial charge in [-0.3, -0.25) is 4.98 Å². The maximum Gasteiger partial charge on any atom is 0.139 e. The van der Waals surface area contributed by atoms with E-state index in [-0.39, 0.29) is 0 Å². The summed E-state index contributed by atoms with van der Waals surface area (Å²) in [6.45, 7) is 3.19. The van der Waals surface area contributed by atoms with Gasteiger partial charge in [0.15, 0.2) is 0 Å². The summed E-state index contributed by atoms with van der Waals surface area (Å²) in [6.07, 6.45) is 9.30. The monoisotopic (exact) mass is 334 g/mol. The fraction of sp³-hybridized carbons (Fsp3) is 0.250. The Hall–Kier alpha value is -1.78. The fourth-order valence-corrected chi connectivity index (χ4v) is 2.85. The summed E-state index contributed by atoms with van der Waals surface area (Å²) in [5, 5.41) is 5.21. The van der Waals surface area contributed by atoms with Crippen LogP contribution in [-0.2, 0) is 6.54 Å². The summed E-state index contributed by atoms with van der Waals surface area (Å²) in [7, 11) is 0. The van der Waals surface area contributed by atoms with E-state index in [1.54, 1.807) is 18.6 Å². The van der Waals surface area contributed by atoms with Gasteiger partial charge in [-0.2, -0.15) is 0 Å². The molecule has 4 nitrogen and oxygen atoms in total. The van der Waals surface area contributed by atoms with E-state index >= 15 is 0 Å². The third-order valence-corrected chi connectivity index (χ3v) is 4.12. The van der Waals surface area contributed by atoms with Crippen LogP contribution < -0.4 is 5.32 Å². The Morgan fingerprint density at radius 1 is 1.18 bits per heavy atom. The van der Waals surface area contributed by atoms with E-state index in [1.807, 2.05) is 6.07 Å². The highest BCUT2D eigenvalue weighted by atomic mass is 35.5. The van der Waals surface area contributed by atoms with Gasteiger partial charge in [0.1, 0.15) is 5.82 Å². The number of fused-ring (bicyclic) bond motifs is 1. The SMILES string of the molecule is CCCCn1ccc2c(Nc3c(Cl)cncc3Cl)nccc21. The third-order valence-electron chi connectivity index (χ3n) is 3.55. The molecule has 0 radical (unpaired) electrons. The maximum absolute atomic E-state index is 6.16. The van der Waals surface area contributed by atoms with Crippen molar-refractivity contribution in [3.8, 4) is 0 Å². The number of halogens is 2. The molecule has 3 rings (SSSR count). The Bertz CT molecular complexity index is 778. The van der Waals surface area contributed by atoms with Crippen molar-refractivity contribution in [2.75, 3.05) is 5.32 Å². The first kappa shape index (κ1) is 15.1. The van der Waals surface area contributed by atoms with E-state index in [1.165, 1.54) is 0 Å². The molecule has 0 bridgehead atoms. The van der Waals surface area contributed by atoms with E-state index < -0.39 is 0 Å². The third kappa shape index (κ3) is 2.89. The molecule has 0 aromatic carbocycles. The number of nitrogens with zero attached hydrogens (tertiary/aromatic N) is 3. The van der Waals surface area contributed by atoms with Crippen molar-refractivity contribution in [2.24, 2.45) is 0 Å². The number of aromatic nitrogens is 3. The van der Waals surface area contributed by atoms with E-state index in [0.29, 0.717) is 15.7 Å². The molecule has 0 amide bonds. The van der Waals surface area contributed by atoms with Gasteiger partial charge in [0.2, 0.25) is 0 Å². The van der Waals surface area contributed by atoms with Crippen LogP contribution in [0.25, 0.3) is 10.9 Å². The van der Waals surface area contributed by atoms with Gasteiger partial charge in [0, 0.05) is 36.7 Å². The Balaban J connectivity index is 1.99. The lowest BCUT2D eigenvalue weighted by atomic mass is 10.3. The number of aryl methyl sites for hydroxylation is 1. The van der Waals surface area contributed by atoms with Gasteiger partial charge in [-0.1, -0.05) is 36.5 Å². The average molecular weight is 335 g/mol. The highest BCUT2D eigenvalue weighted by Crippen LogP contribution is 2.33. The van der Waals surface area contributed by atoms with Crippen molar-refractivity contribution >= 4 is 45.6 Å². The molecule has 0 atom stereocenters. The highest BCUT2D eigenvalue weighted by molar-refractivity contribution is 6.39. The molecule has 22 heavy (non-hydrogen) atoms. The predicted molar refractivity (Wildman–Crippen MR) is 92.2 cm³/mol. The van der Waals surface area contributed by atoms with Crippen molar-refractivity contribution in [1.29, 1.82) is 0 Å². The summed E-state index contributed by atoms with van der Waals surface area (Å²) >= 11 is 12.3. The first-order valence-electron chi connectivity index (χ1n) is 7.20. The minimum Gasteiger partial charge on any atom is -0.347 e. The molecule has 3 aromatic rings. The average Bonchev–Trinajstić information content (AvgIpc) is 2.93. The normalized spacial score (nSPS) is 11.0. The lowest BCUT2D eigenvalue weighted by Gasteiger charge is -2.10. The molecule has 0 aliphatic rings. The summed E-state index contributed by atoms with van der Waals surface area (Å²) in [6, 6.07) is 4.08. The Morgan fingerprint density at radius 2 is 1.95 bits per heavy atom. The number of nitrogens with one attached hydrogen (secondary N) is 1. The second-order valence-corrected chi connectivity index (χ2v) is 5.87. The molecule has 1 N–H and O–H groups in total. The van der Waals surface area contributed by atoms with Gasteiger partial charge in [0.05, 0.1) is 21.2 Å². The number of pyridine rings is 2. The number of unbranched alkanes of at least 4 members (excludes halogenated alkanes) is 1. The van der Waals surface area contributed by atoms with Crippen LogP contribution in [0.3, 0.4) is 0 Å². The smallest absolute Gasteiger partial charge is 0.139 e. The molecular formula is C16H16Cl2N4. The summed E-state index contributed by atoms with van der Waals surface area (Å²) < 4.78 is 2.24. The molecular weight excluding hydrogens is 319 g/mol. The van der Waals surface area contributed by atoms with E-state index in [4.69, 9.17) is 23.2 Å². The Labute approximate surface area is 139 Å². The predicted octanol–water partition coefficient (Wildman–Crippen LogP) is 5.28. The first-order chi connectivity index (χ1) is 10.7. The van der Waals surface area contributed by atoms with Crippen LogP contribution >= 0.6 is 23.2 Å². The topological polar surface area (TPSA) is 42.7 Å². The first-order valence-corrected chi connectivity index (χ1v) is 7.96. The Morgan fingerprint density at radius 3 is 2.68 bits per heavy atom. The maximum atomic E-state index is 6.16. The van der Waals surface area contributed by atoms with E-state index in [2.05, 4.69) is 39.0 Å². The molecule has 3 heterocycles. The zero-order valence-electron chi connectivity index (χ0n) is 12.2. The van der Waals surface area contributed by atoms with Crippen molar-refractivity contribution in [3.63, 3.8) is 0 Å². The van der Waals surface area contributed by atoms with E-state index in [0.717, 1.165) is 36.1 Å². The minimum atomic E-state index is 0.469. The van der Waals surface area contributed by atoms with Crippen LogP contribution in [0.15, 0.2) is 36.9 Å². The second kappa shape index (κ2) is 6.55. The van der Waals surface area contributed by atoms with Gasteiger partial charge in [-0.25, -0.2) is 4.98 Å². The van der Waals surface area contributed by atoms with Gasteiger partial charge in [-0.15, -0.1) is 0 Å². The van der Waals surface area contributed by atoms with Crippen LogP contribution in [0.4, 0.5) is 11.5 Å². The summed E-state index contributed by atoms with van der Waals surface area (Å²) in [4.78, 5) is 8.37. The van der Waals surface area contributed by atoms with Crippen LogP contribution in [0.1, 0.15) is 19.8 Å². The van der Waals surface area contributed by atoms with Crippen molar-refractivity contribution in [2.45, 2.75) is 26.3 Å². The number of hydrogen-bond donors (Lipinski definition) is 1. The standard InChI is InChI=1S/C16H16Cl2N4/c1-2-3-7-22-8-5-11-14(22)4-6-20-16(11)21-15-12(17)9-19-10-13(15)18/h4-6,8-10H,2-3,7H2,1H3,(H,19,20,21).